The van der Waals surface area contributed by atoms with Gasteiger partial charge < -0.3 is 9.47 Å². The molecule has 2 aromatic rings. The Kier molecular flexibility index (Phi) is 6.42. The quantitative estimate of drug-likeness (QED) is 0.704. The van der Waals surface area contributed by atoms with E-state index in [0.717, 1.165) is 54.9 Å². The Hall–Kier alpha value is -1.50. The molecule has 1 aromatic carbocycles. The number of nitrogens with zero attached hydrogens (tertiary/aromatic N) is 5. The first-order chi connectivity index (χ1) is 13.1. The van der Waals surface area contributed by atoms with Crippen LogP contribution in [0.1, 0.15) is 40.2 Å². The van der Waals surface area contributed by atoms with Gasteiger partial charge in [0.1, 0.15) is 0 Å². The van der Waals surface area contributed by atoms with E-state index >= 15 is 0 Å². The predicted octanol–water partition coefficient (Wildman–Crippen LogP) is 4.15. The molecule has 0 amide bonds. The zero-order chi connectivity index (χ0) is 20.5. The fourth-order valence-electron chi connectivity index (χ4n) is 3.77. The fraction of sp³-hybridized carbons (Fsp3) is 0.636. The lowest BCUT2D eigenvalue weighted by atomic mass is 9.87. The number of hydrogen-bond donors (Lipinski definition) is 0. The highest BCUT2D eigenvalue weighted by Gasteiger charge is 2.20. The number of aromatic nitrogens is 3. The average Bonchev–Trinajstić information content (AvgIpc) is 2.91. The van der Waals surface area contributed by atoms with Gasteiger partial charge in [0.05, 0.1) is 6.67 Å². The van der Waals surface area contributed by atoms with Gasteiger partial charge in [-0.2, -0.15) is 5.10 Å². The van der Waals surface area contributed by atoms with Gasteiger partial charge in [-0.25, -0.2) is 4.68 Å². The summed E-state index contributed by atoms with van der Waals surface area (Å²) >= 11 is 5.67. The van der Waals surface area contributed by atoms with Crippen molar-refractivity contribution in [2.45, 2.75) is 46.7 Å². The van der Waals surface area contributed by atoms with Crippen molar-refractivity contribution in [1.82, 2.24) is 24.1 Å². The van der Waals surface area contributed by atoms with Crippen molar-refractivity contribution in [3.05, 3.63) is 34.6 Å². The Balaban J connectivity index is 1.71. The van der Waals surface area contributed by atoms with Crippen molar-refractivity contribution in [2.24, 2.45) is 13.0 Å². The molecule has 0 saturated carbocycles. The van der Waals surface area contributed by atoms with Gasteiger partial charge in [0.2, 0.25) is 0 Å². The summed E-state index contributed by atoms with van der Waals surface area (Å²) in [6, 6.07) is 8.72. The first-order valence-electron chi connectivity index (χ1n) is 10.3. The van der Waals surface area contributed by atoms with Crippen LogP contribution < -0.4 is 0 Å². The summed E-state index contributed by atoms with van der Waals surface area (Å²) in [6.07, 6.45) is 0. The van der Waals surface area contributed by atoms with Crippen molar-refractivity contribution in [1.29, 1.82) is 0 Å². The third kappa shape index (κ3) is 4.91. The molecule has 1 aliphatic rings. The van der Waals surface area contributed by atoms with Gasteiger partial charge in [-0.15, -0.1) is 0 Å². The van der Waals surface area contributed by atoms with Crippen molar-refractivity contribution in [3.8, 4) is 11.4 Å². The maximum absolute atomic E-state index is 5.67. The van der Waals surface area contributed by atoms with E-state index in [9.17, 15) is 0 Å². The van der Waals surface area contributed by atoms with E-state index in [1.165, 1.54) is 12.1 Å². The van der Waals surface area contributed by atoms with Gasteiger partial charge >= 0.3 is 0 Å². The zero-order valence-corrected chi connectivity index (χ0v) is 19.1. The van der Waals surface area contributed by atoms with Crippen LogP contribution in [-0.2, 0) is 19.1 Å². The van der Waals surface area contributed by atoms with Gasteiger partial charge in [0.25, 0.3) is 0 Å². The van der Waals surface area contributed by atoms with E-state index < -0.39 is 0 Å². The molecule has 28 heavy (non-hydrogen) atoms. The normalized spacial score (nSPS) is 16.8. The standard InChI is InChI=1S/C22H35N5S/c1-17(2)15-25-11-13-26(14-12-25)16-27-21(28)24(6)20(23-27)18-7-9-19(10-8-18)22(3,4)5/h7-10,17H,11-16H2,1-6H3. The number of rotatable bonds is 5. The highest BCUT2D eigenvalue weighted by molar-refractivity contribution is 7.71. The van der Waals surface area contributed by atoms with Crippen molar-refractivity contribution < 1.29 is 0 Å². The molecule has 3 rings (SSSR count). The maximum Gasteiger partial charge on any atom is 0.199 e. The Morgan fingerprint density at radius 3 is 2.11 bits per heavy atom. The lowest BCUT2D eigenvalue weighted by Crippen LogP contribution is -2.47. The summed E-state index contributed by atoms with van der Waals surface area (Å²) in [4.78, 5) is 5.01. The van der Waals surface area contributed by atoms with Crippen LogP contribution >= 0.6 is 12.2 Å². The first kappa shape index (κ1) is 21.2. The topological polar surface area (TPSA) is 29.2 Å². The number of hydrogen-bond acceptors (Lipinski definition) is 4. The Morgan fingerprint density at radius 2 is 1.57 bits per heavy atom. The van der Waals surface area contributed by atoms with E-state index in [-0.39, 0.29) is 5.41 Å². The van der Waals surface area contributed by atoms with Gasteiger partial charge in [-0.05, 0) is 29.1 Å². The van der Waals surface area contributed by atoms with Crippen LogP contribution in [0.3, 0.4) is 0 Å². The van der Waals surface area contributed by atoms with E-state index in [0.29, 0.717) is 0 Å². The van der Waals surface area contributed by atoms with Crippen LogP contribution in [0.5, 0.6) is 0 Å². The SMILES string of the molecule is CC(C)CN1CCN(Cn2nc(-c3ccc(C(C)(C)C)cc3)n(C)c2=S)CC1. The van der Waals surface area contributed by atoms with Crippen LogP contribution in [-0.4, -0.2) is 56.9 Å². The molecular formula is C22H35N5S. The van der Waals surface area contributed by atoms with Crippen molar-refractivity contribution in [3.63, 3.8) is 0 Å². The molecule has 0 radical (unpaired) electrons. The van der Waals surface area contributed by atoms with Gasteiger partial charge in [0, 0.05) is 45.3 Å². The summed E-state index contributed by atoms with van der Waals surface area (Å²) in [6.45, 7) is 17.6. The summed E-state index contributed by atoms with van der Waals surface area (Å²) in [5.74, 6) is 1.66. The van der Waals surface area contributed by atoms with Gasteiger partial charge in [-0.3, -0.25) is 4.90 Å². The molecule has 0 atom stereocenters. The first-order valence-corrected chi connectivity index (χ1v) is 10.8. The Labute approximate surface area is 175 Å². The highest BCUT2D eigenvalue weighted by atomic mass is 32.1. The van der Waals surface area contributed by atoms with E-state index in [1.807, 2.05) is 16.3 Å². The number of benzene rings is 1. The zero-order valence-electron chi connectivity index (χ0n) is 18.3. The molecule has 5 nitrogen and oxygen atoms in total. The molecule has 1 saturated heterocycles. The predicted molar refractivity (Wildman–Crippen MR) is 119 cm³/mol. The Bertz CT molecular complexity index is 833. The largest absolute Gasteiger partial charge is 0.303 e. The molecule has 0 bridgehead atoms. The third-order valence-electron chi connectivity index (χ3n) is 5.47. The molecule has 154 valence electrons. The molecule has 1 fully saturated rings. The fourth-order valence-corrected chi connectivity index (χ4v) is 3.95. The lowest BCUT2D eigenvalue weighted by Gasteiger charge is -2.35. The minimum atomic E-state index is 0.154. The Morgan fingerprint density at radius 1 is 1.00 bits per heavy atom. The van der Waals surface area contributed by atoms with E-state index in [1.54, 1.807) is 0 Å². The minimum Gasteiger partial charge on any atom is -0.303 e. The minimum absolute atomic E-state index is 0.154. The smallest absolute Gasteiger partial charge is 0.199 e. The van der Waals surface area contributed by atoms with E-state index in [2.05, 4.69) is 68.7 Å². The molecule has 2 heterocycles. The van der Waals surface area contributed by atoms with Crippen LogP contribution in [0.4, 0.5) is 0 Å². The second-order valence-corrected chi connectivity index (χ2v) is 9.81. The molecule has 0 spiro atoms. The van der Waals surface area contributed by atoms with Crippen molar-refractivity contribution >= 4 is 12.2 Å². The maximum atomic E-state index is 5.67. The molecular weight excluding hydrogens is 366 g/mol. The van der Waals surface area contributed by atoms with Gasteiger partial charge in [0.15, 0.2) is 10.6 Å². The molecule has 0 unspecified atom stereocenters. The second kappa shape index (κ2) is 8.47. The molecule has 6 heteroatoms. The lowest BCUT2D eigenvalue weighted by molar-refractivity contribution is 0.0950. The summed E-state index contributed by atoms with van der Waals surface area (Å²) in [5.41, 5.74) is 2.60. The highest BCUT2D eigenvalue weighted by Crippen LogP contribution is 2.25. The van der Waals surface area contributed by atoms with Crippen LogP contribution in [0.15, 0.2) is 24.3 Å². The van der Waals surface area contributed by atoms with Crippen molar-refractivity contribution in [2.75, 3.05) is 32.7 Å². The monoisotopic (exact) mass is 401 g/mol. The van der Waals surface area contributed by atoms with Gasteiger partial charge in [-0.1, -0.05) is 58.9 Å². The van der Waals surface area contributed by atoms with Crippen LogP contribution in [0.25, 0.3) is 11.4 Å². The molecule has 1 aliphatic heterocycles. The third-order valence-corrected chi connectivity index (χ3v) is 5.96. The van der Waals surface area contributed by atoms with E-state index in [4.69, 9.17) is 17.3 Å². The molecule has 0 N–H and O–H groups in total. The van der Waals surface area contributed by atoms with Crippen LogP contribution in [0, 0.1) is 10.7 Å². The molecule has 0 aliphatic carbocycles. The summed E-state index contributed by atoms with van der Waals surface area (Å²) in [5, 5.41) is 4.85. The molecule has 1 aromatic heterocycles. The van der Waals surface area contributed by atoms with Crippen LogP contribution in [0.2, 0.25) is 0 Å². The second-order valence-electron chi connectivity index (χ2n) is 9.45. The number of piperazine rings is 1. The summed E-state index contributed by atoms with van der Waals surface area (Å²) in [7, 11) is 2.01. The summed E-state index contributed by atoms with van der Waals surface area (Å²) < 4.78 is 4.77. The average molecular weight is 402 g/mol.